The summed E-state index contributed by atoms with van der Waals surface area (Å²) in [6.45, 7) is 5.92. The van der Waals surface area contributed by atoms with Gasteiger partial charge in [0.1, 0.15) is 5.82 Å². The molecule has 1 N–H and O–H groups in total. The van der Waals surface area contributed by atoms with Crippen LogP contribution in [-0.4, -0.2) is 41.6 Å². The second kappa shape index (κ2) is 7.98. The molecule has 0 saturated carbocycles. The van der Waals surface area contributed by atoms with Crippen LogP contribution in [-0.2, 0) is 9.47 Å². The number of fused-ring (bicyclic) bond motifs is 1. The van der Waals surface area contributed by atoms with Gasteiger partial charge in [0.15, 0.2) is 6.61 Å². The van der Waals surface area contributed by atoms with E-state index in [2.05, 4.69) is 4.98 Å². The minimum absolute atomic E-state index is 0.0789. The Labute approximate surface area is 162 Å². The summed E-state index contributed by atoms with van der Waals surface area (Å²) in [4.78, 5) is 27.9. The van der Waals surface area contributed by atoms with E-state index in [0.29, 0.717) is 23.1 Å². The van der Waals surface area contributed by atoms with Crippen LogP contribution in [0.4, 0.5) is 4.39 Å². The van der Waals surface area contributed by atoms with Crippen LogP contribution in [0.3, 0.4) is 0 Å². The van der Waals surface area contributed by atoms with Crippen molar-refractivity contribution in [2.75, 3.05) is 20.3 Å². The van der Waals surface area contributed by atoms with E-state index in [0.717, 1.165) is 11.4 Å². The van der Waals surface area contributed by atoms with E-state index >= 15 is 0 Å². The van der Waals surface area contributed by atoms with Gasteiger partial charge in [-0.05, 0) is 45.0 Å². The molecule has 0 fully saturated rings. The molecule has 1 aromatic carbocycles. The van der Waals surface area contributed by atoms with E-state index in [1.807, 2.05) is 25.3 Å². The smallest absolute Gasteiger partial charge is 0.340 e. The van der Waals surface area contributed by atoms with Crippen molar-refractivity contribution < 1.29 is 23.5 Å². The van der Waals surface area contributed by atoms with Crippen LogP contribution in [0.2, 0.25) is 0 Å². The molecule has 6 nitrogen and oxygen atoms in total. The first-order chi connectivity index (χ1) is 13.3. The summed E-state index contributed by atoms with van der Waals surface area (Å²) >= 11 is 0. The summed E-state index contributed by atoms with van der Waals surface area (Å²) in [5, 5.41) is 0.420. The third-order valence-corrected chi connectivity index (χ3v) is 4.83. The Morgan fingerprint density at radius 1 is 1.21 bits per heavy atom. The highest BCUT2D eigenvalue weighted by molar-refractivity contribution is 6.05. The van der Waals surface area contributed by atoms with Crippen molar-refractivity contribution in [1.82, 2.24) is 9.55 Å². The molecule has 2 aromatic heterocycles. The molecule has 2 heterocycles. The topological polar surface area (TPSA) is 73.3 Å². The van der Waals surface area contributed by atoms with Gasteiger partial charge in [0, 0.05) is 41.2 Å². The Bertz CT molecular complexity index is 1030. The summed E-state index contributed by atoms with van der Waals surface area (Å²) < 4.78 is 25.9. The van der Waals surface area contributed by atoms with Crippen molar-refractivity contribution in [3.05, 3.63) is 58.8 Å². The van der Waals surface area contributed by atoms with Crippen molar-refractivity contribution in [3.63, 3.8) is 0 Å². The number of carbonyl (C=O) groups is 2. The molecule has 7 heteroatoms. The number of aromatic amines is 1. The van der Waals surface area contributed by atoms with Crippen LogP contribution in [0, 0.1) is 19.7 Å². The predicted molar refractivity (Wildman–Crippen MR) is 103 cm³/mol. The Hall–Kier alpha value is -2.93. The summed E-state index contributed by atoms with van der Waals surface area (Å²) in [5.74, 6) is -1.41. The van der Waals surface area contributed by atoms with Crippen molar-refractivity contribution in [1.29, 1.82) is 0 Å². The lowest BCUT2D eigenvalue weighted by Crippen LogP contribution is -2.17. The lowest BCUT2D eigenvalue weighted by atomic mass is 10.1. The van der Waals surface area contributed by atoms with Gasteiger partial charge in [-0.3, -0.25) is 4.79 Å². The number of aromatic nitrogens is 2. The third-order valence-electron chi connectivity index (χ3n) is 4.83. The second-order valence-corrected chi connectivity index (χ2v) is 6.85. The van der Waals surface area contributed by atoms with E-state index in [4.69, 9.17) is 9.47 Å². The summed E-state index contributed by atoms with van der Waals surface area (Å²) in [7, 11) is 1.63. The fourth-order valence-corrected chi connectivity index (χ4v) is 3.60. The van der Waals surface area contributed by atoms with Crippen molar-refractivity contribution in [2.24, 2.45) is 0 Å². The van der Waals surface area contributed by atoms with Crippen LogP contribution >= 0.6 is 0 Å². The van der Waals surface area contributed by atoms with Gasteiger partial charge in [-0.2, -0.15) is 0 Å². The number of Topliss-reactive ketones (excluding diaryl/α,β-unsaturated/α-hetero) is 1. The summed E-state index contributed by atoms with van der Waals surface area (Å²) in [6, 6.07) is 5.98. The number of nitrogens with one attached hydrogen (secondary N) is 1. The van der Waals surface area contributed by atoms with E-state index in [-0.39, 0.29) is 24.0 Å². The van der Waals surface area contributed by atoms with Crippen molar-refractivity contribution in [3.8, 4) is 0 Å². The molecule has 0 amide bonds. The molecular formula is C21H23FN2O4. The van der Waals surface area contributed by atoms with Gasteiger partial charge < -0.3 is 19.0 Å². The molecule has 1 unspecified atom stereocenters. The Balaban J connectivity index is 1.74. The van der Waals surface area contributed by atoms with Gasteiger partial charge in [-0.25, -0.2) is 9.18 Å². The second-order valence-electron chi connectivity index (χ2n) is 6.85. The number of methoxy groups -OCH3 is 1. The van der Waals surface area contributed by atoms with Crippen LogP contribution in [0.5, 0.6) is 0 Å². The molecule has 0 aliphatic rings. The molecule has 0 saturated heterocycles. The molecule has 148 valence electrons. The van der Waals surface area contributed by atoms with Crippen LogP contribution in [0.1, 0.15) is 45.1 Å². The van der Waals surface area contributed by atoms with Crippen LogP contribution < -0.4 is 0 Å². The Kier molecular flexibility index (Phi) is 5.65. The minimum Gasteiger partial charge on any atom is -0.454 e. The number of carbonyl (C=O) groups excluding carboxylic acids is 2. The minimum atomic E-state index is -0.674. The summed E-state index contributed by atoms with van der Waals surface area (Å²) in [6.07, 6.45) is 1.45. The van der Waals surface area contributed by atoms with E-state index in [1.54, 1.807) is 19.2 Å². The number of rotatable bonds is 7. The molecule has 0 aliphatic heterocycles. The first-order valence-electron chi connectivity index (χ1n) is 8.97. The fourth-order valence-electron chi connectivity index (χ4n) is 3.60. The zero-order chi connectivity index (χ0) is 20.4. The van der Waals surface area contributed by atoms with Gasteiger partial charge in [0.2, 0.25) is 5.78 Å². The number of hydrogen-bond donors (Lipinski definition) is 1. The number of nitrogens with zero attached hydrogens (tertiary/aromatic N) is 1. The molecular weight excluding hydrogens is 363 g/mol. The maximum absolute atomic E-state index is 13.5. The fraction of sp³-hybridized carbons (Fsp3) is 0.333. The number of benzene rings is 1. The number of esters is 1. The quantitative estimate of drug-likeness (QED) is 0.493. The molecule has 1 atom stereocenters. The first kappa shape index (κ1) is 19.8. The Morgan fingerprint density at radius 2 is 1.96 bits per heavy atom. The molecule has 0 bridgehead atoms. The average Bonchev–Trinajstić information content (AvgIpc) is 3.19. The molecule has 3 aromatic rings. The van der Waals surface area contributed by atoms with Crippen molar-refractivity contribution >= 4 is 22.7 Å². The molecule has 0 radical (unpaired) electrons. The highest BCUT2D eigenvalue weighted by atomic mass is 19.1. The standard InChI is InChI=1S/C21H23FN2O4/c1-12-7-16(14(3)24(12)13(2)10-27-4)20(25)11-28-21(26)18-9-23-19-6-5-15(22)8-17(18)19/h5-9,13,23H,10-11H2,1-4H3. The number of ketones is 1. The number of hydrogen-bond acceptors (Lipinski definition) is 4. The van der Waals surface area contributed by atoms with Gasteiger partial charge in [-0.1, -0.05) is 0 Å². The monoisotopic (exact) mass is 386 g/mol. The average molecular weight is 386 g/mol. The maximum atomic E-state index is 13.5. The van der Waals surface area contributed by atoms with Crippen LogP contribution in [0.25, 0.3) is 10.9 Å². The number of ether oxygens (including phenoxy) is 2. The van der Waals surface area contributed by atoms with E-state index < -0.39 is 11.8 Å². The maximum Gasteiger partial charge on any atom is 0.340 e. The lowest BCUT2D eigenvalue weighted by Gasteiger charge is -2.17. The molecule has 28 heavy (non-hydrogen) atoms. The largest absolute Gasteiger partial charge is 0.454 e. The normalized spacial score (nSPS) is 12.3. The van der Waals surface area contributed by atoms with E-state index in [1.165, 1.54) is 18.3 Å². The first-order valence-corrected chi connectivity index (χ1v) is 8.97. The van der Waals surface area contributed by atoms with Crippen molar-refractivity contribution in [2.45, 2.75) is 26.8 Å². The zero-order valence-corrected chi connectivity index (χ0v) is 16.3. The number of aryl methyl sites for hydroxylation is 1. The van der Waals surface area contributed by atoms with Gasteiger partial charge in [0.25, 0.3) is 0 Å². The molecule has 0 spiro atoms. The number of H-pyrrole nitrogens is 1. The zero-order valence-electron chi connectivity index (χ0n) is 16.3. The molecule has 0 aliphatic carbocycles. The predicted octanol–water partition coefficient (Wildman–Crippen LogP) is 3.97. The highest BCUT2D eigenvalue weighted by Gasteiger charge is 2.21. The van der Waals surface area contributed by atoms with Crippen LogP contribution in [0.15, 0.2) is 30.5 Å². The van der Waals surface area contributed by atoms with Gasteiger partial charge in [-0.15, -0.1) is 0 Å². The Morgan fingerprint density at radius 3 is 2.68 bits per heavy atom. The van der Waals surface area contributed by atoms with E-state index in [9.17, 15) is 14.0 Å². The van der Waals surface area contributed by atoms with Gasteiger partial charge in [0.05, 0.1) is 18.2 Å². The molecule has 3 rings (SSSR count). The number of halogens is 1. The lowest BCUT2D eigenvalue weighted by molar-refractivity contribution is 0.0476. The highest BCUT2D eigenvalue weighted by Crippen LogP contribution is 2.22. The summed E-state index contributed by atoms with van der Waals surface area (Å²) in [5.41, 5.74) is 3.07. The SMILES string of the molecule is COCC(C)n1c(C)cc(C(=O)COC(=O)c2c[nH]c3ccc(F)cc23)c1C. The van der Waals surface area contributed by atoms with Gasteiger partial charge >= 0.3 is 5.97 Å². The third kappa shape index (κ3) is 3.71.